The molecule has 9 aromatic rings. The monoisotopic (exact) mass is 592 g/mol. The summed E-state index contributed by atoms with van der Waals surface area (Å²) in [7, 11) is 0. The third-order valence-corrected chi connectivity index (χ3v) is 8.37. The zero-order valence-electron chi connectivity index (χ0n) is 33.6. The number of rotatable bonds is 4. The Kier molecular flexibility index (Phi) is 3.69. The average molecular weight is 593 g/mol. The molecule has 0 unspecified atom stereocenters. The van der Waals surface area contributed by atoms with Gasteiger partial charge < -0.3 is 4.42 Å². The minimum atomic E-state index is -0.653. The van der Waals surface area contributed by atoms with E-state index in [9.17, 15) is 4.11 Å². The first-order valence-electron chi connectivity index (χ1n) is 19.1. The molecule has 0 bridgehead atoms. The fourth-order valence-electron chi connectivity index (χ4n) is 5.32. The molecule has 0 aliphatic carbocycles. The molecular weight excluding hydrogens is 559 g/mol. The van der Waals surface area contributed by atoms with Crippen molar-refractivity contribution in [3.63, 3.8) is 0 Å². The first-order valence-corrected chi connectivity index (χ1v) is 14.5. The lowest BCUT2D eigenvalue weighted by Gasteiger charge is -2.09. The zero-order chi connectivity index (χ0) is 38.6. The SMILES string of the molecule is [2H]c1c([2H])c([2H])c(-c2c([2H])c([2H])c([2H])c3sc4c([2H])c(-c5nc(-c6ccccc6)nc(-c6ccc7c(c6)oc6ccccc67)n5)c([2H])c([2H])c4c23)c([2H])c1[2H]. The lowest BCUT2D eigenvalue weighted by atomic mass is 9.99. The van der Waals surface area contributed by atoms with E-state index in [1.165, 1.54) is 0 Å². The molecule has 4 nitrogen and oxygen atoms in total. The fourth-order valence-corrected chi connectivity index (χ4v) is 6.34. The van der Waals surface area contributed by atoms with Gasteiger partial charge in [0, 0.05) is 47.6 Å². The van der Waals surface area contributed by atoms with Crippen LogP contribution in [0.3, 0.4) is 0 Å². The summed E-state index contributed by atoms with van der Waals surface area (Å²) in [5, 5.41) is 1.82. The van der Waals surface area contributed by atoms with Crippen molar-refractivity contribution in [3.8, 4) is 45.3 Å². The lowest BCUT2D eigenvalue weighted by molar-refractivity contribution is 0.669. The van der Waals surface area contributed by atoms with E-state index in [1.807, 2.05) is 72.8 Å². The van der Waals surface area contributed by atoms with Gasteiger partial charge in [0.05, 0.1) is 15.1 Å². The quantitative estimate of drug-likeness (QED) is 0.204. The van der Waals surface area contributed by atoms with Crippen LogP contribution in [0.5, 0.6) is 0 Å². The molecule has 0 atom stereocenters. The molecule has 44 heavy (non-hydrogen) atoms. The Morgan fingerprint density at radius 1 is 0.523 bits per heavy atom. The molecule has 9 rings (SSSR count). The highest BCUT2D eigenvalue weighted by Gasteiger charge is 2.16. The number of thiophene rings is 1. The molecule has 0 saturated heterocycles. The van der Waals surface area contributed by atoms with Crippen LogP contribution >= 0.6 is 11.3 Å². The van der Waals surface area contributed by atoms with Gasteiger partial charge in [0.25, 0.3) is 0 Å². The molecule has 0 amide bonds. The summed E-state index contributed by atoms with van der Waals surface area (Å²) in [4.78, 5) is 14.2. The first-order chi connectivity index (χ1) is 26.4. The summed E-state index contributed by atoms with van der Waals surface area (Å²) in [6, 6.07) is 16.5. The van der Waals surface area contributed by atoms with Gasteiger partial charge in [0.2, 0.25) is 0 Å². The van der Waals surface area contributed by atoms with E-state index in [1.54, 1.807) is 0 Å². The number of fused-ring (bicyclic) bond motifs is 6. The molecular formula is C39H23N3OS. The standard InChI is InChI=1S/C39H23N3OS/c1-3-10-24(11-4-1)28-15-9-17-34-36(28)31-21-19-27(23-35(31)44-34)39-41-37(25-12-5-2-6-13-25)40-38(42-39)26-18-20-30-29-14-7-8-16-32(29)43-33(30)22-26/h1-23H/i1D,3D,4D,9D,10D,11D,15D,17D,19D,21D,23D. The van der Waals surface area contributed by atoms with Crippen LogP contribution in [0, 0.1) is 0 Å². The van der Waals surface area contributed by atoms with Crippen LogP contribution in [0.2, 0.25) is 0 Å². The van der Waals surface area contributed by atoms with Gasteiger partial charge >= 0.3 is 0 Å². The van der Waals surface area contributed by atoms with Crippen LogP contribution in [-0.4, -0.2) is 15.0 Å². The summed E-state index contributed by atoms with van der Waals surface area (Å²) in [6.45, 7) is 0. The van der Waals surface area contributed by atoms with Crippen molar-refractivity contribution in [3.05, 3.63) is 139 Å². The molecule has 3 aromatic heterocycles. The number of aromatic nitrogens is 3. The van der Waals surface area contributed by atoms with Crippen molar-refractivity contribution in [2.45, 2.75) is 0 Å². The minimum Gasteiger partial charge on any atom is -0.456 e. The average Bonchev–Trinajstić information content (AvgIpc) is 3.78. The largest absolute Gasteiger partial charge is 0.456 e. The maximum atomic E-state index is 9.48. The molecule has 206 valence electrons. The Bertz CT molecular complexity index is 3100. The number of hydrogen-bond acceptors (Lipinski definition) is 5. The highest BCUT2D eigenvalue weighted by atomic mass is 32.1. The van der Waals surface area contributed by atoms with Gasteiger partial charge in [-0.05, 0) is 41.4 Å². The van der Waals surface area contributed by atoms with Crippen LogP contribution in [0.25, 0.3) is 87.4 Å². The molecule has 0 saturated carbocycles. The van der Waals surface area contributed by atoms with Crippen LogP contribution in [0.1, 0.15) is 15.1 Å². The molecule has 0 aliphatic rings. The van der Waals surface area contributed by atoms with E-state index in [0.29, 0.717) is 22.3 Å². The summed E-state index contributed by atoms with van der Waals surface area (Å²) in [5.74, 6) is 0.417. The summed E-state index contributed by atoms with van der Waals surface area (Å²) < 4.78 is 103. The van der Waals surface area contributed by atoms with E-state index in [0.717, 1.165) is 22.1 Å². The van der Waals surface area contributed by atoms with E-state index in [4.69, 9.17) is 30.3 Å². The molecule has 0 fully saturated rings. The van der Waals surface area contributed by atoms with E-state index in [2.05, 4.69) is 0 Å². The van der Waals surface area contributed by atoms with Crippen molar-refractivity contribution in [2.75, 3.05) is 0 Å². The van der Waals surface area contributed by atoms with Crippen molar-refractivity contribution < 1.29 is 19.5 Å². The maximum Gasteiger partial charge on any atom is 0.164 e. The van der Waals surface area contributed by atoms with Gasteiger partial charge in [0.15, 0.2) is 17.5 Å². The molecule has 0 radical (unpaired) electrons. The highest BCUT2D eigenvalue weighted by Crippen LogP contribution is 2.41. The molecule has 6 aromatic carbocycles. The lowest BCUT2D eigenvalue weighted by Crippen LogP contribution is -2.00. The van der Waals surface area contributed by atoms with Crippen molar-refractivity contribution in [2.24, 2.45) is 0 Å². The Balaban J connectivity index is 1.34. The predicted molar refractivity (Wildman–Crippen MR) is 182 cm³/mol. The molecule has 0 spiro atoms. The molecule has 3 heterocycles. The number of benzene rings is 6. The van der Waals surface area contributed by atoms with Gasteiger partial charge in [-0.1, -0.05) is 109 Å². The fraction of sp³-hybridized carbons (Fsp3) is 0. The van der Waals surface area contributed by atoms with Crippen LogP contribution in [0.4, 0.5) is 0 Å². The Hall–Kier alpha value is -5.65. The topological polar surface area (TPSA) is 51.8 Å². The summed E-state index contributed by atoms with van der Waals surface area (Å²) in [5.41, 5.74) is 1.83. The third-order valence-electron chi connectivity index (χ3n) is 7.35. The normalized spacial score (nSPS) is 15.1. The van der Waals surface area contributed by atoms with Crippen LogP contribution < -0.4 is 0 Å². The van der Waals surface area contributed by atoms with Crippen LogP contribution in [0.15, 0.2) is 144 Å². The van der Waals surface area contributed by atoms with Gasteiger partial charge in [0.1, 0.15) is 11.2 Å². The third kappa shape index (κ3) is 4.09. The van der Waals surface area contributed by atoms with Crippen molar-refractivity contribution >= 4 is 53.4 Å². The van der Waals surface area contributed by atoms with E-state index >= 15 is 0 Å². The molecule has 0 aliphatic heterocycles. The van der Waals surface area contributed by atoms with Crippen molar-refractivity contribution in [1.29, 1.82) is 0 Å². The zero-order valence-corrected chi connectivity index (χ0v) is 23.4. The first kappa shape index (κ1) is 16.3. The second-order valence-corrected chi connectivity index (χ2v) is 11.0. The summed E-state index contributed by atoms with van der Waals surface area (Å²) >= 11 is 0.888. The molecule has 0 N–H and O–H groups in total. The van der Waals surface area contributed by atoms with Gasteiger partial charge in [-0.3, -0.25) is 0 Å². The number of furan rings is 1. The minimum absolute atomic E-state index is 0.0106. The highest BCUT2D eigenvalue weighted by molar-refractivity contribution is 7.26. The number of nitrogens with zero attached hydrogens (tertiary/aromatic N) is 3. The Labute approximate surface area is 272 Å². The second-order valence-electron chi connectivity index (χ2n) is 9.99. The number of hydrogen-bond donors (Lipinski definition) is 0. The van der Waals surface area contributed by atoms with Gasteiger partial charge in [-0.2, -0.15) is 0 Å². The summed E-state index contributed by atoms with van der Waals surface area (Å²) in [6.07, 6.45) is 0. The van der Waals surface area contributed by atoms with E-state index < -0.39 is 54.4 Å². The predicted octanol–water partition coefficient (Wildman–Crippen LogP) is 10.8. The Morgan fingerprint density at radius 3 is 2.14 bits per heavy atom. The van der Waals surface area contributed by atoms with Gasteiger partial charge in [-0.25, -0.2) is 15.0 Å². The maximum absolute atomic E-state index is 9.48. The Morgan fingerprint density at radius 2 is 1.27 bits per heavy atom. The van der Waals surface area contributed by atoms with E-state index in [-0.39, 0.29) is 66.4 Å². The van der Waals surface area contributed by atoms with Gasteiger partial charge in [-0.15, -0.1) is 11.3 Å². The second kappa shape index (κ2) is 9.97. The molecule has 5 heteroatoms. The van der Waals surface area contributed by atoms with Crippen LogP contribution in [-0.2, 0) is 0 Å². The number of para-hydroxylation sites is 1. The smallest absolute Gasteiger partial charge is 0.164 e. The van der Waals surface area contributed by atoms with Crippen molar-refractivity contribution in [1.82, 2.24) is 15.0 Å².